The maximum absolute atomic E-state index is 2.61. The fraction of sp³-hybridized carbons (Fsp3) is 0.316. The Hall–Kier alpha value is -7.42. The van der Waals surface area contributed by atoms with Crippen LogP contribution in [0.25, 0.3) is 72.0 Å². The summed E-state index contributed by atoms with van der Waals surface area (Å²) in [5.74, 6) is 0. The first-order valence-corrected chi connectivity index (χ1v) is 31.3. The van der Waals surface area contributed by atoms with Gasteiger partial charge in [0, 0.05) is 38.9 Å². The highest BCUT2D eigenvalue weighted by molar-refractivity contribution is 6.10. The number of anilines is 3. The zero-order chi connectivity index (χ0) is 55.7. The molecule has 0 aliphatic heterocycles. The number of nitrogens with zero attached hydrogens (tertiary/aromatic N) is 2. The van der Waals surface area contributed by atoms with Gasteiger partial charge in [-0.1, -0.05) is 251 Å². The van der Waals surface area contributed by atoms with Gasteiger partial charge in [-0.2, -0.15) is 0 Å². The molecule has 9 aromatic carbocycles. The third kappa shape index (κ3) is 12.1. The Labute approximate surface area is 485 Å². The largest absolute Gasteiger partial charge is 0.310 e. The molecule has 2 heteroatoms. The van der Waals surface area contributed by atoms with Crippen molar-refractivity contribution >= 4 is 38.9 Å². The van der Waals surface area contributed by atoms with Gasteiger partial charge in [-0.25, -0.2) is 0 Å². The van der Waals surface area contributed by atoms with E-state index in [0.717, 1.165) is 29.9 Å². The molecule has 0 radical (unpaired) electrons. The summed E-state index contributed by atoms with van der Waals surface area (Å²) in [5.41, 5.74) is 25.8. The maximum Gasteiger partial charge on any atom is 0.0547 e. The molecule has 10 aromatic rings. The van der Waals surface area contributed by atoms with E-state index in [9.17, 15) is 0 Å². The Morgan fingerprint density at radius 2 is 0.889 bits per heavy atom. The monoisotopic (exact) mass is 1060 g/mol. The van der Waals surface area contributed by atoms with E-state index in [0.29, 0.717) is 0 Å². The Balaban J connectivity index is 0.934. The van der Waals surface area contributed by atoms with Crippen LogP contribution in [0, 0.1) is 13.8 Å². The van der Waals surface area contributed by atoms with Gasteiger partial charge in [0.05, 0.1) is 11.0 Å². The molecular formula is C79H86N2. The SMILES string of the molecule is CCCCCCCCCCc1cc(-c2cc(C)cc(-n3c4ccccc4c4ccc(-c5ccc(N(c6ccc(-c7ccccc7)cc6)c6ccc7c(c6)C(C)(C)c6ccccc6-7)cc5)cc43)c2)c(CCCCCCCCCC)cc1C. The Bertz CT molecular complexity index is 3720. The van der Waals surface area contributed by atoms with E-state index in [1.54, 1.807) is 0 Å². The van der Waals surface area contributed by atoms with Crippen molar-refractivity contribution in [2.45, 2.75) is 163 Å². The van der Waals surface area contributed by atoms with Gasteiger partial charge in [0.2, 0.25) is 0 Å². The number of benzene rings is 9. The van der Waals surface area contributed by atoms with Crippen molar-refractivity contribution in [3.05, 3.63) is 228 Å². The predicted molar refractivity (Wildman–Crippen MR) is 351 cm³/mol. The molecule has 1 aliphatic carbocycles. The second-order valence-corrected chi connectivity index (χ2v) is 24.2. The first-order chi connectivity index (χ1) is 39.7. The van der Waals surface area contributed by atoms with Crippen molar-refractivity contribution in [3.8, 4) is 50.2 Å². The standard InChI is InChI=1S/C79H86N2/c1-7-9-11-13-15-17-19-22-32-62-54-74(64(52-58(62)4)33-23-20-18-16-14-12-10-8-2)65-50-57(3)51-69(53-65)81-77-37-29-27-35-72(77)73-48-42-63(55-78(73)81)61-40-45-67(46-41-61)80(66-43-38-60(39-44-66)59-30-24-21-25-31-59)68-47-49-71-70-34-26-28-36-75(70)79(5,6)76(71)56-68/h21,24-31,34-56H,7-20,22-23,32-33H2,1-6H3. The van der Waals surface area contributed by atoms with Crippen molar-refractivity contribution in [2.24, 2.45) is 0 Å². The van der Waals surface area contributed by atoms with Crippen LogP contribution in [0.4, 0.5) is 17.1 Å². The molecule has 0 bridgehead atoms. The van der Waals surface area contributed by atoms with Gasteiger partial charge in [0.15, 0.2) is 0 Å². The molecule has 1 heterocycles. The number of fused-ring (bicyclic) bond motifs is 6. The summed E-state index contributed by atoms with van der Waals surface area (Å²) >= 11 is 0. The van der Waals surface area contributed by atoms with Gasteiger partial charge in [-0.3, -0.25) is 0 Å². The van der Waals surface area contributed by atoms with E-state index in [1.165, 1.54) is 208 Å². The second kappa shape index (κ2) is 25.6. The molecule has 81 heavy (non-hydrogen) atoms. The average molecular weight is 1060 g/mol. The summed E-state index contributed by atoms with van der Waals surface area (Å²) in [6.07, 6.45) is 23.8. The van der Waals surface area contributed by atoms with Crippen molar-refractivity contribution < 1.29 is 0 Å². The molecule has 0 spiro atoms. The van der Waals surface area contributed by atoms with Crippen LogP contribution >= 0.6 is 0 Å². The van der Waals surface area contributed by atoms with Crippen LogP contribution in [0.1, 0.15) is 164 Å². The third-order valence-corrected chi connectivity index (χ3v) is 18.0. The van der Waals surface area contributed by atoms with Gasteiger partial charge in [-0.05, 0) is 178 Å². The topological polar surface area (TPSA) is 8.17 Å². The van der Waals surface area contributed by atoms with Gasteiger partial charge < -0.3 is 9.47 Å². The molecule has 11 rings (SSSR count). The zero-order valence-electron chi connectivity index (χ0n) is 49.6. The molecule has 0 amide bonds. The lowest BCUT2D eigenvalue weighted by atomic mass is 9.82. The number of unbranched alkanes of at least 4 members (excludes halogenated alkanes) is 14. The minimum atomic E-state index is -0.109. The number of aryl methyl sites for hydroxylation is 4. The molecule has 1 aromatic heterocycles. The minimum absolute atomic E-state index is 0.109. The highest BCUT2D eigenvalue weighted by Gasteiger charge is 2.36. The molecule has 0 saturated carbocycles. The van der Waals surface area contributed by atoms with Crippen LogP contribution in [0.15, 0.2) is 194 Å². The normalized spacial score (nSPS) is 12.6. The quantitative estimate of drug-likeness (QED) is 0.0518. The molecule has 412 valence electrons. The Morgan fingerprint density at radius 3 is 1.57 bits per heavy atom. The molecule has 0 atom stereocenters. The van der Waals surface area contributed by atoms with Crippen molar-refractivity contribution in [1.29, 1.82) is 0 Å². The van der Waals surface area contributed by atoms with E-state index >= 15 is 0 Å². The van der Waals surface area contributed by atoms with Gasteiger partial charge in [0.25, 0.3) is 0 Å². The fourth-order valence-electron chi connectivity index (χ4n) is 13.4. The van der Waals surface area contributed by atoms with Gasteiger partial charge >= 0.3 is 0 Å². The van der Waals surface area contributed by atoms with Crippen molar-refractivity contribution in [1.82, 2.24) is 4.57 Å². The fourth-order valence-corrected chi connectivity index (χ4v) is 13.4. The molecule has 0 N–H and O–H groups in total. The molecule has 1 aliphatic rings. The van der Waals surface area contributed by atoms with Crippen LogP contribution in [-0.2, 0) is 18.3 Å². The number of hydrogen-bond acceptors (Lipinski definition) is 1. The Kier molecular flexibility index (Phi) is 17.5. The number of aromatic nitrogens is 1. The van der Waals surface area contributed by atoms with Gasteiger partial charge in [0.1, 0.15) is 0 Å². The first kappa shape index (κ1) is 55.5. The van der Waals surface area contributed by atoms with Crippen LogP contribution < -0.4 is 4.90 Å². The molecule has 0 saturated heterocycles. The predicted octanol–water partition coefficient (Wildman–Crippen LogP) is 23.5. The minimum Gasteiger partial charge on any atom is -0.310 e. The maximum atomic E-state index is 2.61. The average Bonchev–Trinajstić information content (AvgIpc) is 4.08. The second-order valence-electron chi connectivity index (χ2n) is 24.2. The van der Waals surface area contributed by atoms with Crippen molar-refractivity contribution in [3.63, 3.8) is 0 Å². The number of hydrogen-bond donors (Lipinski definition) is 0. The summed E-state index contributed by atoms with van der Waals surface area (Å²) in [5, 5.41) is 2.56. The van der Waals surface area contributed by atoms with E-state index in [2.05, 4.69) is 245 Å². The van der Waals surface area contributed by atoms with Gasteiger partial charge in [-0.15, -0.1) is 0 Å². The van der Waals surface area contributed by atoms with Crippen molar-refractivity contribution in [2.75, 3.05) is 4.90 Å². The van der Waals surface area contributed by atoms with E-state index in [1.807, 2.05) is 0 Å². The summed E-state index contributed by atoms with van der Waals surface area (Å²) in [7, 11) is 0. The lowest BCUT2D eigenvalue weighted by molar-refractivity contribution is 0.574. The van der Waals surface area contributed by atoms with E-state index in [4.69, 9.17) is 0 Å². The molecule has 0 unspecified atom stereocenters. The lowest BCUT2D eigenvalue weighted by Crippen LogP contribution is -2.16. The number of rotatable bonds is 25. The number of para-hydroxylation sites is 1. The summed E-state index contributed by atoms with van der Waals surface area (Å²) in [6.45, 7) is 14.0. The van der Waals surface area contributed by atoms with Crippen LogP contribution in [0.3, 0.4) is 0 Å². The zero-order valence-corrected chi connectivity index (χ0v) is 49.6. The smallest absolute Gasteiger partial charge is 0.0547 e. The van der Waals surface area contributed by atoms with Crippen LogP contribution in [-0.4, -0.2) is 4.57 Å². The highest BCUT2D eigenvalue weighted by Crippen LogP contribution is 2.51. The van der Waals surface area contributed by atoms with E-state index in [-0.39, 0.29) is 5.41 Å². The van der Waals surface area contributed by atoms with Crippen LogP contribution in [0.2, 0.25) is 0 Å². The molecule has 2 nitrogen and oxygen atoms in total. The highest BCUT2D eigenvalue weighted by atomic mass is 15.1. The summed E-state index contributed by atoms with van der Waals surface area (Å²) < 4.78 is 2.54. The Morgan fingerprint density at radius 1 is 0.358 bits per heavy atom. The molecular weight excluding hydrogens is 977 g/mol. The summed E-state index contributed by atoms with van der Waals surface area (Å²) in [4.78, 5) is 2.43. The summed E-state index contributed by atoms with van der Waals surface area (Å²) in [6, 6.07) is 73.8. The van der Waals surface area contributed by atoms with E-state index < -0.39 is 0 Å². The lowest BCUT2D eigenvalue weighted by Gasteiger charge is -2.28. The first-order valence-electron chi connectivity index (χ1n) is 31.3. The molecule has 0 fully saturated rings. The third-order valence-electron chi connectivity index (χ3n) is 18.0. The van der Waals surface area contributed by atoms with Crippen LogP contribution in [0.5, 0.6) is 0 Å².